The van der Waals surface area contributed by atoms with Gasteiger partial charge < -0.3 is 14.8 Å². The summed E-state index contributed by atoms with van der Waals surface area (Å²) in [5.74, 6) is 2.15. The number of benzene rings is 1. The third-order valence-electron chi connectivity index (χ3n) is 4.88. The third kappa shape index (κ3) is 10.3. The van der Waals surface area contributed by atoms with Crippen LogP contribution in [0.3, 0.4) is 0 Å². The zero-order chi connectivity index (χ0) is 21.4. The second-order valence-electron chi connectivity index (χ2n) is 8.14. The largest absolute Gasteiger partial charge is 0.454 e. The van der Waals surface area contributed by atoms with Gasteiger partial charge in [-0.3, -0.25) is 4.79 Å². The molecular formula is C26H37NO3. The lowest BCUT2D eigenvalue weighted by molar-refractivity contribution is -0.116. The van der Waals surface area contributed by atoms with E-state index in [4.69, 9.17) is 9.47 Å². The summed E-state index contributed by atoms with van der Waals surface area (Å²) in [6, 6.07) is 6.07. The molecule has 0 saturated heterocycles. The van der Waals surface area contributed by atoms with Gasteiger partial charge in [-0.2, -0.15) is 0 Å². The van der Waals surface area contributed by atoms with Gasteiger partial charge in [0.1, 0.15) is 0 Å². The van der Waals surface area contributed by atoms with Gasteiger partial charge in [-0.1, -0.05) is 76.0 Å². The number of rotatable bonds is 14. The fraction of sp³-hybridized carbons (Fsp3) is 0.500. The van der Waals surface area contributed by atoms with Crippen LogP contribution in [0.5, 0.6) is 11.5 Å². The van der Waals surface area contributed by atoms with Crippen molar-refractivity contribution in [1.82, 2.24) is 5.32 Å². The van der Waals surface area contributed by atoms with E-state index in [0.29, 0.717) is 12.7 Å². The summed E-state index contributed by atoms with van der Waals surface area (Å²) in [6.45, 7) is 5.23. The topological polar surface area (TPSA) is 47.6 Å². The van der Waals surface area contributed by atoms with Gasteiger partial charge in [0.25, 0.3) is 0 Å². The number of carbonyl (C=O) groups is 1. The predicted molar refractivity (Wildman–Crippen MR) is 125 cm³/mol. The van der Waals surface area contributed by atoms with Crippen LogP contribution >= 0.6 is 0 Å². The van der Waals surface area contributed by atoms with Gasteiger partial charge >= 0.3 is 0 Å². The molecule has 0 aliphatic carbocycles. The van der Waals surface area contributed by atoms with Crippen molar-refractivity contribution in [3.8, 4) is 11.5 Å². The molecule has 0 saturated carbocycles. The highest BCUT2D eigenvalue weighted by Gasteiger charge is 2.11. The molecule has 0 fully saturated rings. The average Bonchev–Trinajstić information content (AvgIpc) is 3.20. The molecule has 1 N–H and O–H groups in total. The first kappa shape index (κ1) is 23.8. The Morgan fingerprint density at radius 3 is 2.43 bits per heavy atom. The summed E-state index contributed by atoms with van der Waals surface area (Å²) >= 11 is 0. The molecule has 1 amide bonds. The van der Waals surface area contributed by atoms with E-state index in [-0.39, 0.29) is 5.91 Å². The number of fused-ring (bicyclic) bond motifs is 1. The van der Waals surface area contributed by atoms with Gasteiger partial charge in [-0.15, -0.1) is 0 Å². The first-order chi connectivity index (χ1) is 14.6. The number of ether oxygens (including phenoxy) is 2. The van der Waals surface area contributed by atoms with Crippen LogP contribution in [0.4, 0.5) is 0 Å². The summed E-state index contributed by atoms with van der Waals surface area (Å²) < 4.78 is 10.7. The summed E-state index contributed by atoms with van der Waals surface area (Å²) in [6.07, 6.45) is 21.8. The molecule has 0 spiro atoms. The molecule has 0 unspecified atom stereocenters. The zero-order valence-corrected chi connectivity index (χ0v) is 18.6. The number of carbonyl (C=O) groups excluding carboxylic acids is 1. The number of allylic oxidation sites excluding steroid dienone is 4. The first-order valence-corrected chi connectivity index (χ1v) is 11.3. The Labute approximate surface area is 182 Å². The highest BCUT2D eigenvalue weighted by Crippen LogP contribution is 2.32. The Hall–Kier alpha value is -2.49. The van der Waals surface area contributed by atoms with E-state index < -0.39 is 0 Å². The summed E-state index contributed by atoms with van der Waals surface area (Å²) in [4.78, 5) is 11.5. The van der Waals surface area contributed by atoms with Crippen LogP contribution in [0.25, 0.3) is 6.08 Å². The van der Waals surface area contributed by atoms with Crippen molar-refractivity contribution in [2.45, 2.75) is 65.2 Å². The normalized spacial score (nSPS) is 13.3. The standard InChI is InChI=1S/C26H37NO3/c1-22(2)20-27-26(28)16-14-12-10-8-6-4-3-5-7-9-11-13-15-23-17-18-24-25(19-23)30-21-29-24/h10,12-19,22H,3-9,11,20-21H2,1-2H3,(H,27,28). The van der Waals surface area contributed by atoms with Gasteiger partial charge in [0, 0.05) is 12.6 Å². The first-order valence-electron chi connectivity index (χ1n) is 11.3. The van der Waals surface area contributed by atoms with E-state index in [2.05, 4.69) is 43.5 Å². The smallest absolute Gasteiger partial charge is 0.243 e. The van der Waals surface area contributed by atoms with Gasteiger partial charge in [-0.05, 0) is 49.3 Å². The fourth-order valence-electron chi connectivity index (χ4n) is 3.15. The maximum Gasteiger partial charge on any atom is 0.243 e. The molecule has 1 heterocycles. The quantitative estimate of drug-likeness (QED) is 0.218. The lowest BCUT2D eigenvalue weighted by Gasteiger charge is -2.03. The summed E-state index contributed by atoms with van der Waals surface area (Å²) in [7, 11) is 0. The maximum atomic E-state index is 11.5. The fourth-order valence-corrected chi connectivity index (χ4v) is 3.15. The van der Waals surface area contributed by atoms with Crippen molar-refractivity contribution < 1.29 is 14.3 Å². The van der Waals surface area contributed by atoms with Crippen LogP contribution in [0, 0.1) is 5.92 Å². The summed E-state index contributed by atoms with van der Waals surface area (Å²) in [5.41, 5.74) is 1.17. The Morgan fingerprint density at radius 2 is 1.67 bits per heavy atom. The van der Waals surface area contributed by atoms with Crippen molar-refractivity contribution in [2.24, 2.45) is 5.92 Å². The number of unbranched alkanes of at least 4 members (excludes halogenated alkanes) is 7. The Kier molecular flexibility index (Phi) is 11.5. The highest BCUT2D eigenvalue weighted by molar-refractivity contribution is 5.87. The molecule has 0 bridgehead atoms. The Balaban J connectivity index is 1.41. The lowest BCUT2D eigenvalue weighted by atomic mass is 10.1. The molecule has 0 radical (unpaired) electrons. The molecule has 164 valence electrons. The van der Waals surface area contributed by atoms with E-state index in [1.54, 1.807) is 6.08 Å². The Morgan fingerprint density at radius 1 is 0.967 bits per heavy atom. The van der Waals surface area contributed by atoms with Gasteiger partial charge in [0.05, 0.1) is 0 Å². The molecule has 0 atom stereocenters. The monoisotopic (exact) mass is 411 g/mol. The van der Waals surface area contributed by atoms with Crippen molar-refractivity contribution in [3.63, 3.8) is 0 Å². The minimum Gasteiger partial charge on any atom is -0.454 e. The van der Waals surface area contributed by atoms with Gasteiger partial charge in [0.2, 0.25) is 12.7 Å². The van der Waals surface area contributed by atoms with E-state index in [1.807, 2.05) is 24.3 Å². The third-order valence-corrected chi connectivity index (χ3v) is 4.88. The number of amides is 1. The SMILES string of the molecule is CC(C)CNC(=O)C=CC=CCCCCCCCCC=Cc1ccc2c(c1)OCO2. The van der Waals surface area contributed by atoms with Crippen LogP contribution in [-0.2, 0) is 4.79 Å². The second-order valence-corrected chi connectivity index (χ2v) is 8.14. The molecule has 1 aromatic carbocycles. The highest BCUT2D eigenvalue weighted by atomic mass is 16.7. The van der Waals surface area contributed by atoms with Gasteiger partial charge in [0.15, 0.2) is 11.5 Å². The van der Waals surface area contributed by atoms with Gasteiger partial charge in [-0.25, -0.2) is 0 Å². The molecule has 4 heteroatoms. The summed E-state index contributed by atoms with van der Waals surface area (Å²) in [5, 5.41) is 2.87. The molecule has 1 aliphatic rings. The minimum atomic E-state index is -0.0147. The van der Waals surface area contributed by atoms with E-state index in [0.717, 1.165) is 30.9 Å². The van der Waals surface area contributed by atoms with Crippen molar-refractivity contribution >= 4 is 12.0 Å². The van der Waals surface area contributed by atoms with Crippen LogP contribution in [0.2, 0.25) is 0 Å². The zero-order valence-electron chi connectivity index (χ0n) is 18.6. The maximum absolute atomic E-state index is 11.5. The van der Waals surface area contributed by atoms with E-state index in [9.17, 15) is 4.79 Å². The number of nitrogens with one attached hydrogen (secondary N) is 1. The predicted octanol–water partition coefficient (Wildman–Crippen LogP) is 6.43. The number of hydrogen-bond acceptors (Lipinski definition) is 3. The molecule has 0 aromatic heterocycles. The minimum absolute atomic E-state index is 0.0147. The molecule has 1 aromatic rings. The average molecular weight is 412 g/mol. The van der Waals surface area contributed by atoms with Crippen LogP contribution < -0.4 is 14.8 Å². The van der Waals surface area contributed by atoms with E-state index in [1.165, 1.54) is 44.1 Å². The molecular weight excluding hydrogens is 374 g/mol. The molecule has 2 rings (SSSR count). The Bertz CT molecular complexity index is 719. The molecule has 30 heavy (non-hydrogen) atoms. The lowest BCUT2D eigenvalue weighted by Crippen LogP contribution is -2.25. The molecule has 4 nitrogen and oxygen atoms in total. The van der Waals surface area contributed by atoms with Crippen molar-refractivity contribution in [3.05, 3.63) is 54.1 Å². The van der Waals surface area contributed by atoms with Crippen molar-refractivity contribution in [1.29, 1.82) is 0 Å². The van der Waals surface area contributed by atoms with E-state index >= 15 is 0 Å². The molecule has 1 aliphatic heterocycles. The van der Waals surface area contributed by atoms with Crippen molar-refractivity contribution in [2.75, 3.05) is 13.3 Å². The van der Waals surface area contributed by atoms with Crippen LogP contribution in [0.15, 0.2) is 48.6 Å². The van der Waals surface area contributed by atoms with Crippen LogP contribution in [0.1, 0.15) is 70.8 Å². The second kappa shape index (κ2) is 14.5. The van der Waals surface area contributed by atoms with Crippen LogP contribution in [-0.4, -0.2) is 19.2 Å². The number of hydrogen-bond donors (Lipinski definition) is 1.